The molecule has 0 heterocycles. The fraction of sp³-hybridized carbons (Fsp3) is 0.500. The average molecular weight is 309 g/mol. The highest BCUT2D eigenvalue weighted by Gasteiger charge is 2.32. The molecule has 1 N–H and O–H groups in total. The van der Waals surface area contributed by atoms with Gasteiger partial charge in [-0.15, -0.1) is 0 Å². The monoisotopic (exact) mass is 309 g/mol. The van der Waals surface area contributed by atoms with Crippen molar-refractivity contribution in [2.24, 2.45) is 11.8 Å². The van der Waals surface area contributed by atoms with Crippen LogP contribution in [0.25, 0.3) is 0 Å². The molecule has 0 radical (unpaired) electrons. The molecule has 0 bridgehead atoms. The molecule has 1 aliphatic rings. The van der Waals surface area contributed by atoms with E-state index in [4.69, 9.17) is 9.84 Å². The van der Waals surface area contributed by atoms with E-state index in [1.807, 2.05) is 0 Å². The highest BCUT2D eigenvalue weighted by Crippen LogP contribution is 2.32. The van der Waals surface area contributed by atoms with Crippen LogP contribution in [0.3, 0.4) is 0 Å². The van der Waals surface area contributed by atoms with Crippen LogP contribution in [0.15, 0.2) is 18.2 Å². The zero-order valence-electron chi connectivity index (χ0n) is 12.7. The molecule has 1 fully saturated rings. The Balaban J connectivity index is 2.11. The van der Waals surface area contributed by atoms with Gasteiger partial charge in [0.2, 0.25) is 5.91 Å². The van der Waals surface area contributed by atoms with Crippen molar-refractivity contribution in [2.75, 3.05) is 19.1 Å². The summed E-state index contributed by atoms with van der Waals surface area (Å²) in [6.45, 7) is 0. The van der Waals surface area contributed by atoms with Crippen LogP contribution < -0.4 is 9.64 Å². The molecular weight excluding hydrogens is 289 g/mol. The van der Waals surface area contributed by atoms with E-state index in [9.17, 15) is 14.0 Å². The third-order valence-corrected chi connectivity index (χ3v) is 4.23. The lowest BCUT2D eigenvalue weighted by Crippen LogP contribution is -2.36. The Kier molecular flexibility index (Phi) is 5.00. The second kappa shape index (κ2) is 6.77. The molecule has 22 heavy (non-hydrogen) atoms. The Morgan fingerprint density at radius 3 is 2.59 bits per heavy atom. The summed E-state index contributed by atoms with van der Waals surface area (Å²) >= 11 is 0. The number of halogens is 1. The van der Waals surface area contributed by atoms with E-state index in [1.54, 1.807) is 13.1 Å². The first kappa shape index (κ1) is 16.3. The SMILES string of the molecule is COc1ccc(N(C)C(=O)C2CCCC(C(=O)O)C2)cc1F. The van der Waals surface area contributed by atoms with Gasteiger partial charge in [0.15, 0.2) is 11.6 Å². The summed E-state index contributed by atoms with van der Waals surface area (Å²) in [5.74, 6) is -2.24. The fourth-order valence-electron chi connectivity index (χ4n) is 2.90. The van der Waals surface area contributed by atoms with Gasteiger partial charge in [0, 0.05) is 24.7 Å². The molecular formula is C16H20FNO4. The van der Waals surface area contributed by atoms with Crippen LogP contribution in [-0.4, -0.2) is 31.1 Å². The molecule has 5 nitrogen and oxygen atoms in total. The smallest absolute Gasteiger partial charge is 0.306 e. The van der Waals surface area contributed by atoms with Gasteiger partial charge in [-0.2, -0.15) is 0 Å². The second-order valence-corrected chi connectivity index (χ2v) is 5.61. The van der Waals surface area contributed by atoms with Crippen molar-refractivity contribution >= 4 is 17.6 Å². The van der Waals surface area contributed by atoms with Gasteiger partial charge in [-0.25, -0.2) is 4.39 Å². The molecule has 1 amide bonds. The number of aliphatic carboxylic acids is 1. The molecule has 120 valence electrons. The molecule has 1 aromatic carbocycles. The molecule has 6 heteroatoms. The lowest BCUT2D eigenvalue weighted by molar-refractivity contribution is -0.143. The van der Waals surface area contributed by atoms with E-state index in [0.717, 1.165) is 6.42 Å². The number of benzene rings is 1. The predicted molar refractivity (Wildman–Crippen MR) is 79.4 cm³/mol. The number of hydrogen-bond acceptors (Lipinski definition) is 3. The Labute approximate surface area is 128 Å². The van der Waals surface area contributed by atoms with Crippen molar-refractivity contribution in [3.05, 3.63) is 24.0 Å². The Bertz CT molecular complexity index is 575. The summed E-state index contributed by atoms with van der Waals surface area (Å²) in [4.78, 5) is 25.0. The van der Waals surface area contributed by atoms with Gasteiger partial charge in [-0.1, -0.05) is 6.42 Å². The van der Waals surface area contributed by atoms with Crippen LogP contribution in [-0.2, 0) is 9.59 Å². The largest absolute Gasteiger partial charge is 0.494 e. The van der Waals surface area contributed by atoms with Crippen molar-refractivity contribution in [1.29, 1.82) is 0 Å². The number of carboxylic acids is 1. The zero-order valence-corrected chi connectivity index (χ0v) is 12.7. The van der Waals surface area contributed by atoms with Crippen molar-refractivity contribution in [2.45, 2.75) is 25.7 Å². The fourth-order valence-corrected chi connectivity index (χ4v) is 2.90. The van der Waals surface area contributed by atoms with E-state index in [0.29, 0.717) is 24.9 Å². The number of carboxylic acid groups (broad SMARTS) is 1. The van der Waals surface area contributed by atoms with Gasteiger partial charge in [-0.3, -0.25) is 9.59 Å². The summed E-state index contributed by atoms with van der Waals surface area (Å²) in [7, 11) is 2.95. The first-order chi connectivity index (χ1) is 10.4. The quantitative estimate of drug-likeness (QED) is 0.928. The number of methoxy groups -OCH3 is 1. The molecule has 0 aliphatic heterocycles. The maximum atomic E-state index is 13.7. The molecule has 0 spiro atoms. The van der Waals surface area contributed by atoms with Gasteiger partial charge in [0.25, 0.3) is 0 Å². The van der Waals surface area contributed by atoms with E-state index in [1.165, 1.54) is 24.1 Å². The molecule has 1 aromatic rings. The summed E-state index contributed by atoms with van der Waals surface area (Å²) in [5, 5.41) is 9.10. The molecule has 0 saturated heterocycles. The number of amides is 1. The van der Waals surface area contributed by atoms with Crippen LogP contribution in [0, 0.1) is 17.7 Å². The average Bonchev–Trinajstić information content (AvgIpc) is 2.53. The van der Waals surface area contributed by atoms with Gasteiger partial charge in [0.05, 0.1) is 13.0 Å². The van der Waals surface area contributed by atoms with E-state index < -0.39 is 17.7 Å². The number of carbonyl (C=O) groups excluding carboxylic acids is 1. The lowest BCUT2D eigenvalue weighted by Gasteiger charge is -2.29. The van der Waals surface area contributed by atoms with Crippen molar-refractivity contribution in [3.8, 4) is 5.75 Å². The van der Waals surface area contributed by atoms with Crippen molar-refractivity contribution in [3.63, 3.8) is 0 Å². The zero-order chi connectivity index (χ0) is 16.3. The summed E-state index contributed by atoms with van der Waals surface area (Å²) in [6, 6.07) is 4.32. The summed E-state index contributed by atoms with van der Waals surface area (Å²) in [5.41, 5.74) is 0.431. The van der Waals surface area contributed by atoms with E-state index in [2.05, 4.69) is 0 Å². The van der Waals surface area contributed by atoms with Gasteiger partial charge < -0.3 is 14.7 Å². The Morgan fingerprint density at radius 1 is 1.32 bits per heavy atom. The molecule has 2 unspecified atom stereocenters. The minimum absolute atomic E-state index is 0.119. The van der Waals surface area contributed by atoms with Crippen LogP contribution >= 0.6 is 0 Å². The summed E-state index contributed by atoms with van der Waals surface area (Å²) in [6.07, 6.45) is 2.35. The number of hydrogen-bond donors (Lipinski definition) is 1. The highest BCUT2D eigenvalue weighted by molar-refractivity contribution is 5.95. The Morgan fingerprint density at radius 2 is 2.00 bits per heavy atom. The van der Waals surface area contributed by atoms with Crippen LogP contribution in [0.1, 0.15) is 25.7 Å². The second-order valence-electron chi connectivity index (χ2n) is 5.61. The number of nitrogens with zero attached hydrogens (tertiary/aromatic N) is 1. The minimum atomic E-state index is -0.851. The molecule has 2 rings (SSSR count). The topological polar surface area (TPSA) is 66.8 Å². The normalized spacial score (nSPS) is 21.2. The van der Waals surface area contributed by atoms with Crippen LogP contribution in [0.5, 0.6) is 5.75 Å². The predicted octanol–water partition coefficient (Wildman–Crippen LogP) is 2.69. The van der Waals surface area contributed by atoms with Crippen LogP contribution in [0.4, 0.5) is 10.1 Å². The van der Waals surface area contributed by atoms with Gasteiger partial charge in [0.1, 0.15) is 0 Å². The minimum Gasteiger partial charge on any atom is -0.494 e. The third kappa shape index (κ3) is 3.37. The standard InChI is InChI=1S/C16H20FNO4/c1-18(12-6-7-14(22-2)13(17)9-12)15(19)10-4-3-5-11(8-10)16(20)21/h6-7,9-11H,3-5,8H2,1-2H3,(H,20,21). The Hall–Kier alpha value is -2.11. The van der Waals surface area contributed by atoms with Gasteiger partial charge in [-0.05, 0) is 31.4 Å². The lowest BCUT2D eigenvalue weighted by atomic mass is 9.81. The van der Waals surface area contributed by atoms with Gasteiger partial charge >= 0.3 is 5.97 Å². The van der Waals surface area contributed by atoms with E-state index >= 15 is 0 Å². The first-order valence-electron chi connectivity index (χ1n) is 7.28. The number of ether oxygens (including phenoxy) is 1. The summed E-state index contributed by atoms with van der Waals surface area (Å²) < 4.78 is 18.6. The maximum Gasteiger partial charge on any atom is 0.306 e. The third-order valence-electron chi connectivity index (χ3n) is 4.23. The molecule has 2 atom stereocenters. The number of carbonyl (C=O) groups is 2. The molecule has 0 aromatic heterocycles. The first-order valence-corrected chi connectivity index (χ1v) is 7.28. The highest BCUT2D eigenvalue weighted by atomic mass is 19.1. The van der Waals surface area contributed by atoms with Crippen molar-refractivity contribution < 1.29 is 23.8 Å². The molecule has 1 saturated carbocycles. The maximum absolute atomic E-state index is 13.7. The molecule has 1 aliphatic carbocycles. The van der Waals surface area contributed by atoms with E-state index in [-0.39, 0.29) is 17.6 Å². The number of anilines is 1. The van der Waals surface area contributed by atoms with Crippen molar-refractivity contribution in [1.82, 2.24) is 0 Å². The number of rotatable bonds is 4. The van der Waals surface area contributed by atoms with Crippen LogP contribution in [0.2, 0.25) is 0 Å².